The van der Waals surface area contributed by atoms with Gasteiger partial charge in [-0.3, -0.25) is 9.98 Å². The minimum atomic E-state index is -0.105. The summed E-state index contributed by atoms with van der Waals surface area (Å²) >= 11 is 1.52. The Morgan fingerprint density at radius 1 is 1.13 bits per heavy atom. The fourth-order valence-electron chi connectivity index (χ4n) is 4.23. The third kappa shape index (κ3) is 3.67. The Bertz CT molecular complexity index is 1020. The van der Waals surface area contributed by atoms with Crippen LogP contribution in [0.1, 0.15) is 51.4 Å². The molecule has 6 nitrogen and oxygen atoms in total. The SMILES string of the molecule is CC(C)(C)c1nsc(N2CCC3(CC2)CC2=CC(c4ccncc4)=NCC=C2O3)n1. The zero-order chi connectivity index (χ0) is 20.8. The van der Waals surface area contributed by atoms with Crippen LogP contribution in [0, 0.1) is 0 Å². The summed E-state index contributed by atoms with van der Waals surface area (Å²) < 4.78 is 11.1. The van der Waals surface area contributed by atoms with Gasteiger partial charge in [0.25, 0.3) is 0 Å². The van der Waals surface area contributed by atoms with E-state index in [1.807, 2.05) is 24.5 Å². The first kappa shape index (κ1) is 19.4. The Hall–Kier alpha value is -2.54. The highest BCUT2D eigenvalue weighted by molar-refractivity contribution is 7.09. The van der Waals surface area contributed by atoms with E-state index in [0.717, 1.165) is 60.3 Å². The number of aliphatic imine (C=N–C) groups is 1. The van der Waals surface area contributed by atoms with Crippen molar-refractivity contribution < 1.29 is 4.74 Å². The zero-order valence-electron chi connectivity index (χ0n) is 17.8. The summed E-state index contributed by atoms with van der Waals surface area (Å²) in [4.78, 5) is 16.0. The fourth-order valence-corrected chi connectivity index (χ4v) is 5.14. The Kier molecular flexibility index (Phi) is 4.73. The molecule has 0 N–H and O–H groups in total. The minimum absolute atomic E-state index is 0.0123. The summed E-state index contributed by atoms with van der Waals surface area (Å²) in [6.07, 6.45) is 10.9. The van der Waals surface area contributed by atoms with Crippen molar-refractivity contribution in [2.24, 2.45) is 4.99 Å². The average Bonchev–Trinajstić information content (AvgIpc) is 3.30. The van der Waals surface area contributed by atoms with E-state index in [0.29, 0.717) is 6.54 Å². The molecule has 156 valence electrons. The van der Waals surface area contributed by atoms with Gasteiger partial charge >= 0.3 is 0 Å². The molecule has 2 fully saturated rings. The molecule has 2 aromatic rings. The summed E-state index contributed by atoms with van der Waals surface area (Å²) in [6, 6.07) is 4.03. The molecule has 0 radical (unpaired) electrons. The molecule has 3 aliphatic rings. The minimum Gasteiger partial charge on any atom is -0.487 e. The lowest BCUT2D eigenvalue weighted by atomic mass is 9.87. The van der Waals surface area contributed by atoms with Crippen molar-refractivity contribution >= 4 is 22.4 Å². The second kappa shape index (κ2) is 7.30. The molecule has 0 aromatic carbocycles. The summed E-state index contributed by atoms with van der Waals surface area (Å²) in [5.41, 5.74) is 3.27. The summed E-state index contributed by atoms with van der Waals surface area (Å²) in [7, 11) is 0. The van der Waals surface area contributed by atoms with Gasteiger partial charge in [-0.25, -0.2) is 4.98 Å². The van der Waals surface area contributed by atoms with Gasteiger partial charge in [0.2, 0.25) is 5.13 Å². The second-order valence-corrected chi connectivity index (χ2v) is 10.0. The van der Waals surface area contributed by atoms with E-state index in [4.69, 9.17) is 14.7 Å². The van der Waals surface area contributed by atoms with Crippen LogP contribution in [0.15, 0.2) is 53.0 Å². The molecule has 2 aromatic heterocycles. The topological polar surface area (TPSA) is 63.5 Å². The fraction of sp³-hybridized carbons (Fsp3) is 0.478. The van der Waals surface area contributed by atoms with E-state index in [2.05, 4.69) is 47.2 Å². The van der Waals surface area contributed by atoms with Crippen molar-refractivity contribution in [2.75, 3.05) is 24.5 Å². The van der Waals surface area contributed by atoms with Gasteiger partial charge in [-0.15, -0.1) is 0 Å². The zero-order valence-corrected chi connectivity index (χ0v) is 18.6. The normalized spacial score (nSPS) is 20.8. The van der Waals surface area contributed by atoms with Crippen molar-refractivity contribution in [3.63, 3.8) is 0 Å². The molecule has 1 spiro atoms. The second-order valence-electron chi connectivity index (χ2n) is 9.30. The molecule has 5 rings (SSSR count). The molecule has 0 aliphatic carbocycles. The van der Waals surface area contributed by atoms with Crippen LogP contribution in [-0.2, 0) is 10.2 Å². The summed E-state index contributed by atoms with van der Waals surface area (Å²) in [6.45, 7) is 9.02. The van der Waals surface area contributed by atoms with Gasteiger partial charge in [-0.05, 0) is 29.9 Å². The maximum atomic E-state index is 6.55. The largest absolute Gasteiger partial charge is 0.487 e. The van der Waals surface area contributed by atoms with Crippen LogP contribution >= 0.6 is 11.5 Å². The van der Waals surface area contributed by atoms with Crippen LogP contribution < -0.4 is 4.90 Å². The molecule has 0 atom stereocenters. The van der Waals surface area contributed by atoms with Gasteiger partial charge in [0.1, 0.15) is 17.2 Å². The monoisotopic (exact) mass is 421 g/mol. The molecule has 0 bridgehead atoms. The van der Waals surface area contributed by atoms with Crippen LogP contribution in [-0.4, -0.2) is 45.3 Å². The standard InChI is InChI=1S/C23H27N5OS/c1-22(2,3)20-26-21(30-27-20)28-12-7-23(8-13-28)15-17-14-18(16-4-9-24-10-5-16)25-11-6-19(17)29-23/h4-6,9-10,14H,7-8,11-13,15H2,1-3H3. The Morgan fingerprint density at radius 2 is 1.90 bits per heavy atom. The quantitative estimate of drug-likeness (QED) is 0.723. The Balaban J connectivity index is 1.30. The van der Waals surface area contributed by atoms with Crippen molar-refractivity contribution in [1.29, 1.82) is 0 Å². The molecule has 30 heavy (non-hydrogen) atoms. The lowest BCUT2D eigenvalue weighted by molar-refractivity contribution is 0.0169. The Morgan fingerprint density at radius 3 is 2.60 bits per heavy atom. The summed E-state index contributed by atoms with van der Waals surface area (Å²) in [5, 5.41) is 1.03. The molecular formula is C23H27N5OS. The first-order chi connectivity index (χ1) is 14.4. The van der Waals surface area contributed by atoms with E-state index in [1.54, 1.807) is 0 Å². The van der Waals surface area contributed by atoms with Crippen LogP contribution in [0.3, 0.4) is 0 Å². The molecule has 3 aliphatic heterocycles. The van der Waals surface area contributed by atoms with E-state index in [9.17, 15) is 0 Å². The van der Waals surface area contributed by atoms with Gasteiger partial charge in [-0.1, -0.05) is 20.8 Å². The van der Waals surface area contributed by atoms with Crippen molar-refractivity contribution in [2.45, 2.75) is 51.0 Å². The number of piperidine rings is 1. The van der Waals surface area contributed by atoms with Gasteiger partial charge in [-0.2, -0.15) is 4.37 Å². The number of hydrogen-bond acceptors (Lipinski definition) is 7. The van der Waals surface area contributed by atoms with E-state index < -0.39 is 0 Å². The third-order valence-corrected chi connectivity index (χ3v) is 6.79. The lowest BCUT2D eigenvalue weighted by Crippen LogP contribution is -2.44. The van der Waals surface area contributed by atoms with Crippen molar-refractivity contribution in [3.05, 3.63) is 59.4 Å². The van der Waals surface area contributed by atoms with Crippen molar-refractivity contribution in [1.82, 2.24) is 14.3 Å². The number of fused-ring (bicyclic) bond motifs is 1. The molecule has 0 saturated carbocycles. The van der Waals surface area contributed by atoms with Gasteiger partial charge < -0.3 is 9.64 Å². The predicted molar refractivity (Wildman–Crippen MR) is 120 cm³/mol. The number of pyridine rings is 1. The maximum absolute atomic E-state index is 6.55. The summed E-state index contributed by atoms with van der Waals surface area (Å²) in [5.74, 6) is 1.95. The lowest BCUT2D eigenvalue weighted by Gasteiger charge is -2.38. The van der Waals surface area contributed by atoms with E-state index in [1.165, 1.54) is 17.1 Å². The third-order valence-electron chi connectivity index (χ3n) is 6.01. The smallest absolute Gasteiger partial charge is 0.205 e. The average molecular weight is 422 g/mol. The first-order valence-electron chi connectivity index (χ1n) is 10.6. The highest BCUT2D eigenvalue weighted by Gasteiger charge is 2.44. The molecule has 5 heterocycles. The maximum Gasteiger partial charge on any atom is 0.205 e. The number of nitrogens with zero attached hydrogens (tertiary/aromatic N) is 5. The van der Waals surface area contributed by atoms with Gasteiger partial charge in [0, 0.05) is 67.3 Å². The molecular weight excluding hydrogens is 394 g/mol. The molecule has 0 unspecified atom stereocenters. The van der Waals surface area contributed by atoms with Gasteiger partial charge in [0.15, 0.2) is 0 Å². The van der Waals surface area contributed by atoms with Crippen LogP contribution in [0.25, 0.3) is 0 Å². The number of anilines is 1. The van der Waals surface area contributed by atoms with Crippen molar-refractivity contribution in [3.8, 4) is 0 Å². The highest BCUT2D eigenvalue weighted by Crippen LogP contribution is 2.45. The number of aromatic nitrogens is 3. The number of ether oxygens (including phenoxy) is 1. The number of allylic oxidation sites excluding steroid dienone is 2. The molecule has 7 heteroatoms. The van der Waals surface area contributed by atoms with E-state index >= 15 is 0 Å². The van der Waals surface area contributed by atoms with E-state index in [-0.39, 0.29) is 11.0 Å². The highest BCUT2D eigenvalue weighted by atomic mass is 32.1. The number of hydrogen-bond donors (Lipinski definition) is 0. The Labute approximate surface area is 181 Å². The van der Waals surface area contributed by atoms with Gasteiger partial charge in [0.05, 0.1) is 12.3 Å². The molecule has 2 saturated heterocycles. The first-order valence-corrected chi connectivity index (χ1v) is 11.3. The molecule has 0 amide bonds. The predicted octanol–water partition coefficient (Wildman–Crippen LogP) is 4.30. The van der Waals surface area contributed by atoms with Crippen LogP contribution in [0.4, 0.5) is 5.13 Å². The number of rotatable bonds is 2. The van der Waals surface area contributed by atoms with Crippen LogP contribution in [0.2, 0.25) is 0 Å². The van der Waals surface area contributed by atoms with Crippen LogP contribution in [0.5, 0.6) is 0 Å².